The second-order valence-corrected chi connectivity index (χ2v) is 4.60. The highest BCUT2D eigenvalue weighted by Gasteiger charge is 2.09. The van der Waals surface area contributed by atoms with Crippen LogP contribution in [0.2, 0.25) is 0 Å². The summed E-state index contributed by atoms with van der Waals surface area (Å²) in [5, 5.41) is 3.98. The van der Waals surface area contributed by atoms with E-state index < -0.39 is 0 Å². The minimum Gasteiger partial charge on any atom is -0.493 e. The normalized spacial score (nSPS) is 10.5. The first kappa shape index (κ1) is 15.6. The van der Waals surface area contributed by atoms with Gasteiger partial charge in [-0.15, -0.1) is 0 Å². The van der Waals surface area contributed by atoms with Crippen LogP contribution in [0, 0.1) is 6.92 Å². The van der Waals surface area contributed by atoms with Crippen LogP contribution in [0.4, 0.5) is 0 Å². The molecular weight excluding hydrogens is 280 g/mol. The zero-order chi connectivity index (χ0) is 15.9. The van der Waals surface area contributed by atoms with Crippen molar-refractivity contribution in [2.75, 3.05) is 14.2 Å². The van der Waals surface area contributed by atoms with Crippen LogP contribution in [-0.4, -0.2) is 26.3 Å². The standard InChI is InChI=1S/C17H18N2O3/c1-12-7-4-5-9-14(12)17(20)19-18-11-13-8-6-10-15(21-2)16(13)22-3/h4-11H,1-3H3,(H,19,20). The van der Waals surface area contributed by atoms with Crippen molar-refractivity contribution >= 4 is 12.1 Å². The van der Waals surface area contributed by atoms with Gasteiger partial charge in [0.05, 0.1) is 20.4 Å². The van der Waals surface area contributed by atoms with Crippen molar-refractivity contribution in [2.24, 2.45) is 5.10 Å². The maximum Gasteiger partial charge on any atom is 0.271 e. The van der Waals surface area contributed by atoms with Gasteiger partial charge in [-0.2, -0.15) is 5.10 Å². The molecule has 0 aromatic heterocycles. The topological polar surface area (TPSA) is 59.9 Å². The number of para-hydroxylation sites is 1. The number of ether oxygens (including phenoxy) is 2. The molecule has 0 aliphatic rings. The third-order valence-corrected chi connectivity index (χ3v) is 3.19. The van der Waals surface area contributed by atoms with Gasteiger partial charge in [0.25, 0.3) is 5.91 Å². The first-order valence-corrected chi connectivity index (χ1v) is 6.77. The Bertz CT molecular complexity index is 696. The minimum absolute atomic E-state index is 0.254. The van der Waals surface area contributed by atoms with Gasteiger partial charge in [0.2, 0.25) is 0 Å². The molecule has 0 aliphatic carbocycles. The Morgan fingerprint density at radius 3 is 2.55 bits per heavy atom. The molecule has 2 aromatic rings. The van der Waals surface area contributed by atoms with Crippen molar-refractivity contribution < 1.29 is 14.3 Å². The highest BCUT2D eigenvalue weighted by atomic mass is 16.5. The number of methoxy groups -OCH3 is 2. The van der Waals surface area contributed by atoms with Crippen molar-refractivity contribution in [3.05, 3.63) is 59.2 Å². The van der Waals surface area contributed by atoms with Crippen LogP contribution in [0.5, 0.6) is 11.5 Å². The van der Waals surface area contributed by atoms with Crippen LogP contribution >= 0.6 is 0 Å². The number of hydrogen-bond acceptors (Lipinski definition) is 4. The number of amides is 1. The Hall–Kier alpha value is -2.82. The van der Waals surface area contributed by atoms with Crippen molar-refractivity contribution in [3.63, 3.8) is 0 Å². The molecule has 0 spiro atoms. The highest BCUT2D eigenvalue weighted by Crippen LogP contribution is 2.29. The number of hydrogen-bond donors (Lipinski definition) is 1. The molecule has 0 bridgehead atoms. The van der Waals surface area contributed by atoms with Gasteiger partial charge in [-0.1, -0.05) is 24.3 Å². The number of rotatable bonds is 5. The first-order valence-electron chi connectivity index (χ1n) is 6.77. The van der Waals surface area contributed by atoms with E-state index in [0.29, 0.717) is 22.6 Å². The number of carbonyl (C=O) groups is 1. The average Bonchev–Trinajstić information content (AvgIpc) is 2.54. The van der Waals surface area contributed by atoms with E-state index in [1.54, 1.807) is 26.4 Å². The number of nitrogens with one attached hydrogen (secondary N) is 1. The second-order valence-electron chi connectivity index (χ2n) is 4.60. The maximum absolute atomic E-state index is 12.1. The van der Waals surface area contributed by atoms with Gasteiger partial charge in [0, 0.05) is 11.1 Å². The summed E-state index contributed by atoms with van der Waals surface area (Å²) in [6.45, 7) is 1.88. The quantitative estimate of drug-likeness (QED) is 0.682. The van der Waals surface area contributed by atoms with Gasteiger partial charge in [-0.05, 0) is 30.7 Å². The van der Waals surface area contributed by atoms with Crippen molar-refractivity contribution in [1.82, 2.24) is 5.43 Å². The highest BCUT2D eigenvalue weighted by molar-refractivity contribution is 5.96. The third-order valence-electron chi connectivity index (χ3n) is 3.19. The predicted octanol–water partition coefficient (Wildman–Crippen LogP) is 2.78. The van der Waals surface area contributed by atoms with E-state index in [1.165, 1.54) is 6.21 Å². The third kappa shape index (κ3) is 3.44. The fourth-order valence-corrected chi connectivity index (χ4v) is 2.06. The van der Waals surface area contributed by atoms with Crippen LogP contribution in [0.1, 0.15) is 21.5 Å². The zero-order valence-electron chi connectivity index (χ0n) is 12.8. The molecule has 1 amide bonds. The first-order chi connectivity index (χ1) is 10.7. The lowest BCUT2D eigenvalue weighted by molar-refractivity contribution is 0.0954. The van der Waals surface area contributed by atoms with Crippen LogP contribution in [0.3, 0.4) is 0 Å². The van der Waals surface area contributed by atoms with Gasteiger partial charge >= 0.3 is 0 Å². The fourth-order valence-electron chi connectivity index (χ4n) is 2.06. The van der Waals surface area contributed by atoms with E-state index in [1.807, 2.05) is 37.3 Å². The molecule has 5 heteroatoms. The van der Waals surface area contributed by atoms with E-state index in [0.717, 1.165) is 5.56 Å². The fraction of sp³-hybridized carbons (Fsp3) is 0.176. The van der Waals surface area contributed by atoms with Gasteiger partial charge in [0.1, 0.15) is 0 Å². The molecule has 0 heterocycles. The second kappa shape index (κ2) is 7.26. The van der Waals surface area contributed by atoms with E-state index in [-0.39, 0.29) is 5.91 Å². The zero-order valence-corrected chi connectivity index (χ0v) is 12.8. The summed E-state index contributed by atoms with van der Waals surface area (Å²) in [5.74, 6) is 0.923. The molecule has 1 N–H and O–H groups in total. The SMILES string of the molecule is COc1cccc(C=NNC(=O)c2ccccc2C)c1OC. The molecule has 0 saturated carbocycles. The summed E-state index contributed by atoms with van der Waals surface area (Å²) >= 11 is 0. The van der Waals surface area contributed by atoms with Crippen LogP contribution < -0.4 is 14.9 Å². The Labute approximate surface area is 129 Å². The Kier molecular flexibility index (Phi) is 5.14. The van der Waals surface area contributed by atoms with Gasteiger partial charge in [-0.25, -0.2) is 5.43 Å². The summed E-state index contributed by atoms with van der Waals surface area (Å²) in [5.41, 5.74) is 4.72. The molecule has 0 fully saturated rings. The number of hydrazone groups is 1. The molecule has 22 heavy (non-hydrogen) atoms. The summed E-state index contributed by atoms with van der Waals surface area (Å²) in [7, 11) is 3.12. The molecule has 0 saturated heterocycles. The molecular formula is C17H18N2O3. The predicted molar refractivity (Wildman–Crippen MR) is 85.8 cm³/mol. The number of nitrogens with zero attached hydrogens (tertiary/aromatic N) is 1. The van der Waals surface area contributed by atoms with Crippen LogP contribution in [0.25, 0.3) is 0 Å². The van der Waals surface area contributed by atoms with Gasteiger partial charge < -0.3 is 9.47 Å². The Morgan fingerprint density at radius 2 is 1.86 bits per heavy atom. The molecule has 0 unspecified atom stereocenters. The molecule has 0 aliphatic heterocycles. The van der Waals surface area contributed by atoms with Gasteiger partial charge in [-0.3, -0.25) is 4.79 Å². The average molecular weight is 298 g/mol. The number of carbonyl (C=O) groups excluding carboxylic acids is 1. The molecule has 2 rings (SSSR count). The summed E-state index contributed by atoms with van der Waals surface area (Å²) < 4.78 is 10.5. The lowest BCUT2D eigenvalue weighted by Gasteiger charge is -2.09. The van der Waals surface area contributed by atoms with E-state index in [2.05, 4.69) is 10.5 Å². The monoisotopic (exact) mass is 298 g/mol. The summed E-state index contributed by atoms with van der Waals surface area (Å²) in [6.07, 6.45) is 1.53. The van der Waals surface area contributed by atoms with E-state index in [9.17, 15) is 4.79 Å². The number of aryl methyl sites for hydroxylation is 1. The largest absolute Gasteiger partial charge is 0.493 e. The molecule has 2 aromatic carbocycles. The lowest BCUT2D eigenvalue weighted by Crippen LogP contribution is -2.18. The van der Waals surface area contributed by atoms with E-state index in [4.69, 9.17) is 9.47 Å². The van der Waals surface area contributed by atoms with Crippen LogP contribution in [-0.2, 0) is 0 Å². The molecule has 5 nitrogen and oxygen atoms in total. The van der Waals surface area contributed by atoms with Crippen molar-refractivity contribution in [2.45, 2.75) is 6.92 Å². The van der Waals surface area contributed by atoms with Gasteiger partial charge in [0.15, 0.2) is 11.5 Å². The Morgan fingerprint density at radius 1 is 1.09 bits per heavy atom. The molecule has 114 valence electrons. The van der Waals surface area contributed by atoms with Crippen LogP contribution in [0.15, 0.2) is 47.6 Å². The maximum atomic E-state index is 12.1. The van der Waals surface area contributed by atoms with E-state index >= 15 is 0 Å². The Balaban J connectivity index is 2.13. The molecule has 0 radical (unpaired) electrons. The smallest absolute Gasteiger partial charge is 0.271 e. The summed E-state index contributed by atoms with van der Waals surface area (Å²) in [6, 6.07) is 12.8. The van der Waals surface area contributed by atoms with Crippen molar-refractivity contribution in [3.8, 4) is 11.5 Å². The summed E-state index contributed by atoms with van der Waals surface area (Å²) in [4.78, 5) is 12.1. The van der Waals surface area contributed by atoms with Crippen molar-refractivity contribution in [1.29, 1.82) is 0 Å². The number of benzene rings is 2. The molecule has 0 atom stereocenters. The minimum atomic E-state index is -0.254. The lowest BCUT2D eigenvalue weighted by atomic mass is 10.1.